The molecule has 0 aromatic carbocycles. The molecule has 0 bridgehead atoms. The lowest BCUT2D eigenvalue weighted by atomic mass is 9.83. The first-order chi connectivity index (χ1) is 10.5. The Hall–Kier alpha value is -2.09. The standard InChI is InChI=1S/C13H18N4O5/c1-7(18)10-9-5-8(6-22-4-2-3-15-16-14)11(13(20)21)17(9)12(10)19/h7,9-10,18H,2-6H2,1H3,(H,20,21). The van der Waals surface area contributed by atoms with Gasteiger partial charge in [-0.15, -0.1) is 0 Å². The van der Waals surface area contributed by atoms with E-state index in [0.717, 1.165) is 0 Å². The summed E-state index contributed by atoms with van der Waals surface area (Å²) in [6.07, 6.45) is 0.148. The normalized spacial score (nSPS) is 24.6. The number of carboxylic acid groups (broad SMARTS) is 1. The van der Waals surface area contributed by atoms with Crippen molar-refractivity contribution >= 4 is 11.9 Å². The van der Waals surface area contributed by atoms with Crippen LogP contribution in [0.1, 0.15) is 19.8 Å². The zero-order valence-corrected chi connectivity index (χ0v) is 12.2. The maximum absolute atomic E-state index is 12.0. The molecule has 2 heterocycles. The third kappa shape index (κ3) is 2.92. The smallest absolute Gasteiger partial charge is 0.352 e. The number of hydrogen-bond donors (Lipinski definition) is 2. The predicted octanol–water partition coefficient (Wildman–Crippen LogP) is 0.654. The van der Waals surface area contributed by atoms with Crippen molar-refractivity contribution in [2.75, 3.05) is 19.8 Å². The van der Waals surface area contributed by atoms with Gasteiger partial charge in [0, 0.05) is 18.1 Å². The number of ether oxygens (including phenoxy) is 1. The molecule has 9 nitrogen and oxygen atoms in total. The summed E-state index contributed by atoms with van der Waals surface area (Å²) in [5, 5.41) is 22.3. The molecule has 0 saturated carbocycles. The summed E-state index contributed by atoms with van der Waals surface area (Å²) in [4.78, 5) is 27.2. The molecule has 3 unspecified atom stereocenters. The first-order valence-corrected chi connectivity index (χ1v) is 7.04. The van der Waals surface area contributed by atoms with E-state index in [1.807, 2.05) is 0 Å². The third-order valence-electron chi connectivity index (χ3n) is 3.91. The van der Waals surface area contributed by atoms with Gasteiger partial charge >= 0.3 is 5.97 Å². The van der Waals surface area contributed by atoms with Gasteiger partial charge < -0.3 is 19.8 Å². The van der Waals surface area contributed by atoms with Crippen molar-refractivity contribution in [1.29, 1.82) is 0 Å². The van der Waals surface area contributed by atoms with Crippen LogP contribution in [-0.2, 0) is 14.3 Å². The molecular weight excluding hydrogens is 292 g/mol. The van der Waals surface area contributed by atoms with E-state index in [0.29, 0.717) is 31.6 Å². The number of aliphatic carboxylic acids is 1. The summed E-state index contributed by atoms with van der Waals surface area (Å²) in [5.41, 5.74) is 8.67. The van der Waals surface area contributed by atoms with E-state index in [9.17, 15) is 19.8 Å². The second-order valence-electron chi connectivity index (χ2n) is 5.36. The topological polar surface area (TPSA) is 136 Å². The Kier molecular flexibility index (Phi) is 5.02. The minimum atomic E-state index is -1.16. The van der Waals surface area contributed by atoms with Gasteiger partial charge in [0.05, 0.1) is 24.7 Å². The van der Waals surface area contributed by atoms with Crippen molar-refractivity contribution in [3.05, 3.63) is 21.7 Å². The SMILES string of the molecule is CC(O)C1C(=O)N2C(C(=O)O)=C(COCCCN=[N+]=[N-])CC12. The molecule has 0 aromatic heterocycles. The lowest BCUT2D eigenvalue weighted by Crippen LogP contribution is -2.61. The van der Waals surface area contributed by atoms with Crippen LogP contribution in [0.2, 0.25) is 0 Å². The van der Waals surface area contributed by atoms with Crippen molar-refractivity contribution < 1.29 is 24.5 Å². The number of rotatable bonds is 8. The number of aliphatic hydroxyl groups is 1. The second kappa shape index (κ2) is 6.78. The maximum Gasteiger partial charge on any atom is 0.352 e. The number of nitrogens with zero attached hydrogens (tertiary/aromatic N) is 4. The molecule has 2 aliphatic rings. The molecule has 120 valence electrons. The minimum absolute atomic E-state index is 0.0260. The van der Waals surface area contributed by atoms with Gasteiger partial charge in [-0.2, -0.15) is 0 Å². The molecule has 3 atom stereocenters. The van der Waals surface area contributed by atoms with Crippen molar-refractivity contribution in [1.82, 2.24) is 4.90 Å². The van der Waals surface area contributed by atoms with Gasteiger partial charge in [0.1, 0.15) is 5.70 Å². The van der Waals surface area contributed by atoms with Crippen LogP contribution in [0, 0.1) is 5.92 Å². The van der Waals surface area contributed by atoms with E-state index < -0.39 is 18.0 Å². The monoisotopic (exact) mass is 310 g/mol. The Balaban J connectivity index is 1.96. The fourth-order valence-corrected chi connectivity index (χ4v) is 2.97. The molecule has 0 radical (unpaired) electrons. The number of aliphatic hydroxyl groups excluding tert-OH is 1. The van der Waals surface area contributed by atoms with Crippen LogP contribution in [0.25, 0.3) is 10.4 Å². The first kappa shape index (κ1) is 16.3. The van der Waals surface area contributed by atoms with Gasteiger partial charge in [0.2, 0.25) is 5.91 Å². The average molecular weight is 310 g/mol. The van der Waals surface area contributed by atoms with Crippen molar-refractivity contribution in [3.8, 4) is 0 Å². The van der Waals surface area contributed by atoms with E-state index in [1.165, 1.54) is 11.8 Å². The Labute approximate surface area is 126 Å². The zero-order chi connectivity index (χ0) is 16.3. The highest BCUT2D eigenvalue weighted by Crippen LogP contribution is 2.43. The number of azide groups is 1. The summed E-state index contributed by atoms with van der Waals surface area (Å²) in [6.45, 7) is 2.31. The zero-order valence-electron chi connectivity index (χ0n) is 12.2. The van der Waals surface area contributed by atoms with Crippen LogP contribution < -0.4 is 0 Å². The van der Waals surface area contributed by atoms with Crippen molar-refractivity contribution in [3.63, 3.8) is 0 Å². The number of carboxylic acids is 1. The van der Waals surface area contributed by atoms with Gasteiger partial charge in [-0.3, -0.25) is 4.79 Å². The number of β-lactam (4-membered cyclic amide) rings is 1. The molecular formula is C13H18N4O5. The Morgan fingerprint density at radius 3 is 2.95 bits per heavy atom. The number of hydrogen-bond acceptors (Lipinski definition) is 5. The van der Waals surface area contributed by atoms with Crippen LogP contribution in [0.3, 0.4) is 0 Å². The summed E-state index contributed by atoms with van der Waals surface area (Å²) >= 11 is 0. The Bertz CT molecular complexity index is 553. The molecule has 1 fully saturated rings. The molecule has 2 N–H and O–H groups in total. The maximum atomic E-state index is 12.0. The molecule has 9 heteroatoms. The fraction of sp³-hybridized carbons (Fsp3) is 0.692. The molecule has 0 aliphatic carbocycles. The molecule has 0 aromatic rings. The summed E-state index contributed by atoms with van der Waals surface area (Å²) in [5.74, 6) is -2.06. The van der Waals surface area contributed by atoms with Crippen molar-refractivity contribution in [2.45, 2.75) is 31.9 Å². The molecule has 1 amide bonds. The van der Waals surface area contributed by atoms with E-state index in [-0.39, 0.29) is 24.3 Å². The van der Waals surface area contributed by atoms with Crippen molar-refractivity contribution in [2.24, 2.45) is 11.0 Å². The Morgan fingerprint density at radius 1 is 1.64 bits per heavy atom. The summed E-state index contributed by atoms with van der Waals surface area (Å²) in [7, 11) is 0. The van der Waals surface area contributed by atoms with Gasteiger partial charge in [-0.25, -0.2) is 4.79 Å². The number of carbonyl (C=O) groups is 2. The lowest BCUT2D eigenvalue weighted by Gasteiger charge is -2.44. The van der Waals surface area contributed by atoms with E-state index in [1.54, 1.807) is 0 Å². The molecule has 2 rings (SSSR count). The molecule has 22 heavy (non-hydrogen) atoms. The van der Waals surface area contributed by atoms with E-state index >= 15 is 0 Å². The van der Waals surface area contributed by atoms with Gasteiger partial charge in [-0.1, -0.05) is 5.11 Å². The lowest BCUT2D eigenvalue weighted by molar-refractivity contribution is -0.161. The summed E-state index contributed by atoms with van der Waals surface area (Å²) < 4.78 is 5.39. The summed E-state index contributed by atoms with van der Waals surface area (Å²) in [6, 6.07) is -0.291. The highest BCUT2D eigenvalue weighted by molar-refractivity contribution is 5.99. The number of carbonyl (C=O) groups excluding carboxylic acids is 1. The molecule has 1 saturated heterocycles. The third-order valence-corrected chi connectivity index (χ3v) is 3.91. The van der Waals surface area contributed by atoms with Gasteiger partial charge in [0.25, 0.3) is 0 Å². The quantitative estimate of drug-likeness (QED) is 0.223. The van der Waals surface area contributed by atoms with Gasteiger partial charge in [-0.05, 0) is 30.9 Å². The van der Waals surface area contributed by atoms with Crippen LogP contribution in [0.4, 0.5) is 0 Å². The van der Waals surface area contributed by atoms with Crippen LogP contribution in [-0.4, -0.2) is 58.9 Å². The van der Waals surface area contributed by atoms with Crippen LogP contribution in [0.15, 0.2) is 16.4 Å². The van der Waals surface area contributed by atoms with E-state index in [4.69, 9.17) is 10.3 Å². The minimum Gasteiger partial charge on any atom is -0.477 e. The highest BCUT2D eigenvalue weighted by Gasteiger charge is 2.56. The number of fused-ring (bicyclic) bond motifs is 1. The molecule has 0 spiro atoms. The van der Waals surface area contributed by atoms with Crippen LogP contribution >= 0.6 is 0 Å². The Morgan fingerprint density at radius 2 is 2.36 bits per heavy atom. The second-order valence-corrected chi connectivity index (χ2v) is 5.36. The highest BCUT2D eigenvalue weighted by atomic mass is 16.5. The predicted molar refractivity (Wildman–Crippen MR) is 74.5 cm³/mol. The average Bonchev–Trinajstić information content (AvgIpc) is 2.77. The van der Waals surface area contributed by atoms with Crippen LogP contribution in [0.5, 0.6) is 0 Å². The first-order valence-electron chi connectivity index (χ1n) is 7.04. The van der Waals surface area contributed by atoms with E-state index in [2.05, 4.69) is 10.0 Å². The fourth-order valence-electron chi connectivity index (χ4n) is 2.97. The molecule has 2 aliphatic heterocycles. The van der Waals surface area contributed by atoms with Gasteiger partial charge in [0.15, 0.2) is 0 Å². The largest absolute Gasteiger partial charge is 0.477 e. The number of amides is 1.